The Balaban J connectivity index is 2.51. The maximum absolute atomic E-state index is 5.79. The molecule has 0 radical (unpaired) electrons. The summed E-state index contributed by atoms with van der Waals surface area (Å²) in [4.78, 5) is 11.4. The molecule has 0 fully saturated rings. The van der Waals surface area contributed by atoms with Gasteiger partial charge < -0.3 is 10.6 Å². The van der Waals surface area contributed by atoms with E-state index in [0.717, 1.165) is 36.0 Å². The number of anilines is 1. The molecule has 0 amide bonds. The first kappa shape index (κ1) is 15.4. The van der Waals surface area contributed by atoms with Crippen molar-refractivity contribution < 1.29 is 0 Å². The number of hydrogen-bond donors (Lipinski definition) is 1. The van der Waals surface area contributed by atoms with Gasteiger partial charge >= 0.3 is 0 Å². The monoisotopic (exact) mass is 284 g/mol. The fourth-order valence-corrected chi connectivity index (χ4v) is 2.28. The van der Waals surface area contributed by atoms with Crippen LogP contribution in [0, 0.1) is 13.8 Å². The van der Waals surface area contributed by atoms with Crippen LogP contribution in [-0.4, -0.2) is 23.1 Å². The van der Waals surface area contributed by atoms with E-state index in [2.05, 4.69) is 55.8 Å². The molecule has 4 heteroatoms. The molecule has 0 bridgehead atoms. The van der Waals surface area contributed by atoms with E-state index in [9.17, 15) is 0 Å². The molecule has 0 saturated heterocycles. The van der Waals surface area contributed by atoms with Crippen molar-refractivity contribution in [3.05, 3.63) is 41.1 Å². The van der Waals surface area contributed by atoms with Gasteiger partial charge in [0.15, 0.2) is 0 Å². The van der Waals surface area contributed by atoms with Gasteiger partial charge in [-0.3, -0.25) is 0 Å². The zero-order valence-corrected chi connectivity index (χ0v) is 13.3. The minimum atomic E-state index is 0.425. The third kappa shape index (κ3) is 3.39. The highest BCUT2D eigenvalue weighted by atomic mass is 15.2. The van der Waals surface area contributed by atoms with Crippen LogP contribution in [0.1, 0.15) is 30.7 Å². The van der Waals surface area contributed by atoms with E-state index in [1.54, 1.807) is 0 Å². The van der Waals surface area contributed by atoms with Gasteiger partial charge in [-0.25, -0.2) is 9.97 Å². The molecule has 0 aliphatic rings. The van der Waals surface area contributed by atoms with Gasteiger partial charge in [0.1, 0.15) is 0 Å². The van der Waals surface area contributed by atoms with Gasteiger partial charge in [-0.05, 0) is 51.0 Å². The highest BCUT2D eigenvalue weighted by Crippen LogP contribution is 2.23. The third-order valence-electron chi connectivity index (χ3n) is 3.83. The highest BCUT2D eigenvalue weighted by Gasteiger charge is 2.11. The van der Waals surface area contributed by atoms with Crippen LogP contribution in [-0.2, 0) is 6.54 Å². The van der Waals surface area contributed by atoms with Crippen molar-refractivity contribution in [2.45, 2.75) is 34.2 Å². The fraction of sp³-hybridized carbons (Fsp3) is 0.412. The number of rotatable bonds is 5. The molecule has 112 valence electrons. The summed E-state index contributed by atoms with van der Waals surface area (Å²) in [5.74, 6) is 0.760. The van der Waals surface area contributed by atoms with Crippen molar-refractivity contribution in [2.24, 2.45) is 5.73 Å². The van der Waals surface area contributed by atoms with Crippen LogP contribution in [0.25, 0.3) is 11.3 Å². The van der Waals surface area contributed by atoms with E-state index in [-0.39, 0.29) is 0 Å². The summed E-state index contributed by atoms with van der Waals surface area (Å²) < 4.78 is 0. The molecule has 2 aromatic rings. The largest absolute Gasteiger partial charge is 0.341 e. The van der Waals surface area contributed by atoms with E-state index < -0.39 is 0 Å². The van der Waals surface area contributed by atoms with Crippen LogP contribution >= 0.6 is 0 Å². The fourth-order valence-electron chi connectivity index (χ4n) is 2.28. The van der Waals surface area contributed by atoms with Gasteiger partial charge in [0.25, 0.3) is 0 Å². The lowest BCUT2D eigenvalue weighted by molar-refractivity contribution is 0.809. The Kier molecular flexibility index (Phi) is 4.91. The van der Waals surface area contributed by atoms with E-state index in [0.29, 0.717) is 6.54 Å². The SMILES string of the molecule is CCN(CC)c1nc(CN)cc(-c2ccc(C)c(C)c2)n1. The summed E-state index contributed by atoms with van der Waals surface area (Å²) in [6.45, 7) is 10.7. The Morgan fingerprint density at radius 1 is 1.00 bits per heavy atom. The summed E-state index contributed by atoms with van der Waals surface area (Å²) in [5, 5.41) is 0. The quantitative estimate of drug-likeness (QED) is 0.916. The predicted molar refractivity (Wildman–Crippen MR) is 88.4 cm³/mol. The first-order chi connectivity index (χ1) is 10.1. The number of nitrogens with zero attached hydrogens (tertiary/aromatic N) is 3. The smallest absolute Gasteiger partial charge is 0.226 e. The molecular formula is C17H24N4. The first-order valence-electron chi connectivity index (χ1n) is 7.49. The second kappa shape index (κ2) is 6.68. The number of aryl methyl sites for hydroxylation is 2. The molecular weight excluding hydrogens is 260 g/mol. The van der Waals surface area contributed by atoms with Crippen molar-refractivity contribution in [1.82, 2.24) is 9.97 Å². The van der Waals surface area contributed by atoms with Gasteiger partial charge in [0.2, 0.25) is 5.95 Å². The van der Waals surface area contributed by atoms with E-state index in [4.69, 9.17) is 10.7 Å². The lowest BCUT2D eigenvalue weighted by atomic mass is 10.0. The van der Waals surface area contributed by atoms with Crippen molar-refractivity contribution in [1.29, 1.82) is 0 Å². The predicted octanol–water partition coefficient (Wildman–Crippen LogP) is 3.07. The lowest BCUT2D eigenvalue weighted by Crippen LogP contribution is -2.25. The molecule has 0 saturated carbocycles. The number of nitrogens with two attached hydrogens (primary N) is 1. The molecule has 1 heterocycles. The highest BCUT2D eigenvalue weighted by molar-refractivity contribution is 5.62. The molecule has 2 N–H and O–H groups in total. The number of hydrogen-bond acceptors (Lipinski definition) is 4. The topological polar surface area (TPSA) is 55.0 Å². The molecule has 0 aliphatic heterocycles. The normalized spacial score (nSPS) is 10.7. The Hall–Kier alpha value is -1.94. The number of aromatic nitrogens is 2. The summed E-state index contributed by atoms with van der Waals surface area (Å²) in [6, 6.07) is 8.39. The standard InChI is InChI=1S/C17H24N4/c1-5-21(6-2)17-19-15(11-18)10-16(20-17)14-8-7-12(3)13(4)9-14/h7-10H,5-6,11,18H2,1-4H3. The van der Waals surface area contributed by atoms with Crippen LogP contribution in [0.3, 0.4) is 0 Å². The summed E-state index contributed by atoms with van der Waals surface area (Å²) in [6.07, 6.45) is 0. The Labute approximate surface area is 127 Å². The van der Waals surface area contributed by atoms with Crippen LogP contribution < -0.4 is 10.6 Å². The molecule has 0 aliphatic carbocycles. The summed E-state index contributed by atoms with van der Waals surface area (Å²) in [5.41, 5.74) is 11.3. The average Bonchev–Trinajstić information content (AvgIpc) is 2.51. The molecule has 1 aromatic heterocycles. The molecule has 0 atom stereocenters. The molecule has 21 heavy (non-hydrogen) atoms. The van der Waals surface area contributed by atoms with Crippen LogP contribution in [0.5, 0.6) is 0 Å². The van der Waals surface area contributed by atoms with E-state index >= 15 is 0 Å². The van der Waals surface area contributed by atoms with Crippen LogP contribution in [0.4, 0.5) is 5.95 Å². The maximum Gasteiger partial charge on any atom is 0.226 e. The zero-order valence-electron chi connectivity index (χ0n) is 13.3. The molecule has 4 nitrogen and oxygen atoms in total. The number of benzene rings is 1. The summed E-state index contributed by atoms with van der Waals surface area (Å²) in [7, 11) is 0. The van der Waals surface area contributed by atoms with Gasteiger partial charge in [0, 0.05) is 25.2 Å². The van der Waals surface area contributed by atoms with Crippen LogP contribution in [0.2, 0.25) is 0 Å². The Bertz CT molecular complexity index is 618. The van der Waals surface area contributed by atoms with Gasteiger partial charge in [-0.15, -0.1) is 0 Å². The van der Waals surface area contributed by atoms with Gasteiger partial charge in [-0.2, -0.15) is 0 Å². The van der Waals surface area contributed by atoms with E-state index in [1.165, 1.54) is 11.1 Å². The molecule has 0 spiro atoms. The Morgan fingerprint density at radius 3 is 2.29 bits per heavy atom. The minimum absolute atomic E-state index is 0.425. The molecule has 1 aromatic carbocycles. The first-order valence-corrected chi connectivity index (χ1v) is 7.49. The zero-order chi connectivity index (χ0) is 15.4. The lowest BCUT2D eigenvalue weighted by Gasteiger charge is -2.20. The van der Waals surface area contributed by atoms with Crippen molar-refractivity contribution in [3.63, 3.8) is 0 Å². The molecule has 2 rings (SSSR count). The molecule has 0 unspecified atom stereocenters. The van der Waals surface area contributed by atoms with Crippen LogP contribution in [0.15, 0.2) is 24.3 Å². The van der Waals surface area contributed by atoms with Gasteiger partial charge in [0.05, 0.1) is 11.4 Å². The average molecular weight is 284 g/mol. The Morgan fingerprint density at radius 2 is 1.71 bits per heavy atom. The van der Waals surface area contributed by atoms with Crippen molar-refractivity contribution in [2.75, 3.05) is 18.0 Å². The van der Waals surface area contributed by atoms with E-state index in [1.807, 2.05) is 6.07 Å². The second-order valence-electron chi connectivity index (χ2n) is 5.22. The minimum Gasteiger partial charge on any atom is -0.341 e. The second-order valence-corrected chi connectivity index (χ2v) is 5.22. The third-order valence-corrected chi connectivity index (χ3v) is 3.83. The summed E-state index contributed by atoms with van der Waals surface area (Å²) >= 11 is 0. The van der Waals surface area contributed by atoms with Gasteiger partial charge in [-0.1, -0.05) is 12.1 Å². The van der Waals surface area contributed by atoms with Crippen molar-refractivity contribution >= 4 is 5.95 Å². The van der Waals surface area contributed by atoms with Crippen molar-refractivity contribution in [3.8, 4) is 11.3 Å². The maximum atomic E-state index is 5.79.